The van der Waals surface area contributed by atoms with Crippen molar-refractivity contribution in [3.05, 3.63) is 41.2 Å². The molecule has 1 heterocycles. The molecular formula is C47H71N3O7. The van der Waals surface area contributed by atoms with E-state index in [1.165, 1.54) is 5.57 Å². The lowest BCUT2D eigenvalue weighted by Gasteiger charge is -2.72. The summed E-state index contributed by atoms with van der Waals surface area (Å²) in [4.78, 5) is 61.1. The minimum atomic E-state index is -1.18. The van der Waals surface area contributed by atoms with Crippen molar-refractivity contribution in [3.8, 4) is 0 Å². The Labute approximate surface area is 341 Å². The molecular weight excluding hydrogens is 719 g/mol. The third-order valence-corrected chi connectivity index (χ3v) is 16.8. The average Bonchev–Trinajstić information content (AvgIpc) is 3.42. The highest BCUT2D eigenvalue weighted by molar-refractivity contribution is 6.00. The van der Waals surface area contributed by atoms with E-state index in [4.69, 9.17) is 4.74 Å². The second-order valence-corrected chi connectivity index (χ2v) is 21.4. The van der Waals surface area contributed by atoms with Gasteiger partial charge in [-0.05, 0) is 137 Å². The molecule has 0 saturated heterocycles. The first-order chi connectivity index (χ1) is 26.4. The van der Waals surface area contributed by atoms with E-state index in [0.29, 0.717) is 31.2 Å². The molecule has 4 saturated carbocycles. The lowest BCUT2D eigenvalue weighted by Crippen LogP contribution is -2.66. The van der Waals surface area contributed by atoms with Gasteiger partial charge in [-0.2, -0.15) is 0 Å². The molecule has 0 spiro atoms. The minimum Gasteiger partial charge on any atom is -0.481 e. The summed E-state index contributed by atoms with van der Waals surface area (Å²) in [6, 6.07) is 5.68. The van der Waals surface area contributed by atoms with E-state index in [2.05, 4.69) is 53.5 Å². The number of carbonyl (C=O) groups is 4. The highest BCUT2D eigenvalue weighted by atomic mass is 16.5. The van der Waals surface area contributed by atoms with Crippen LogP contribution in [-0.2, 0) is 30.5 Å². The number of aliphatic carboxylic acids is 1. The van der Waals surface area contributed by atoms with Crippen LogP contribution in [0, 0.1) is 56.2 Å². The van der Waals surface area contributed by atoms with Crippen LogP contribution < -0.4 is 0 Å². The third kappa shape index (κ3) is 7.20. The average molecular weight is 790 g/mol. The van der Waals surface area contributed by atoms with Gasteiger partial charge in [-0.25, -0.2) is 0 Å². The van der Waals surface area contributed by atoms with E-state index in [1.807, 2.05) is 37.2 Å². The zero-order chi connectivity index (χ0) is 42.1. The topological polar surface area (TPSA) is 137 Å². The Morgan fingerprint density at radius 3 is 2.26 bits per heavy atom. The fraction of sp³-hybridized carbons (Fsp3) is 0.766. The van der Waals surface area contributed by atoms with E-state index in [0.717, 1.165) is 56.2 Å². The van der Waals surface area contributed by atoms with E-state index >= 15 is 0 Å². The molecule has 0 aromatic carbocycles. The number of allylic oxidation sites excluding steroid dienone is 1. The van der Waals surface area contributed by atoms with Crippen molar-refractivity contribution >= 4 is 23.6 Å². The number of rotatable bonds is 12. The molecule has 6 rings (SSSR count). The SMILES string of the molecule is CC(C)C1=C2[C@H]3CC[C@@H]4[C@@]5(C)CC[C@H](OC(=O)CC(C)(C)C(=O)O)C(C)(C)[C@@H]5CC[C@@]4(C)[C@]3(C)CCC2(C(O)CN(Cc2ccccn2)C(=O)CN(C)C)CC1=O. The number of Topliss-reactive ketones (excluding diaryl/α,β-unsaturated/α-hetero) is 1. The molecule has 5 aliphatic rings. The summed E-state index contributed by atoms with van der Waals surface area (Å²) in [5.74, 6) is -0.419. The summed E-state index contributed by atoms with van der Waals surface area (Å²) in [7, 11) is 3.74. The summed E-state index contributed by atoms with van der Waals surface area (Å²) >= 11 is 0. The second kappa shape index (κ2) is 15.2. The predicted molar refractivity (Wildman–Crippen MR) is 220 cm³/mol. The van der Waals surface area contributed by atoms with Gasteiger partial charge in [0.15, 0.2) is 5.78 Å². The van der Waals surface area contributed by atoms with E-state index < -0.39 is 28.9 Å². The number of ether oxygens (including phenoxy) is 1. The molecule has 10 heteroatoms. The van der Waals surface area contributed by atoms with Gasteiger partial charge >= 0.3 is 11.9 Å². The standard InChI is InChI=1S/C47H71N3O7/c1-29(2)39-32(51)24-47(35(52)27-50(37(53)28-49(10)11)26-30-14-12-13-23-48-30)22-21-45(8)31(40(39)47)15-16-34-44(7)19-18-36(57-38(54)25-42(3,4)41(55)56)43(5,6)33(44)17-20-46(34,45)9/h12-14,23,29,31,33-36,52H,15-22,24-28H2,1-11H3,(H,55,56)/t31-,33+,34-,35?,36+,44+,45-,46-,47?/m1/s1. The molecule has 57 heavy (non-hydrogen) atoms. The number of hydrogen-bond donors (Lipinski definition) is 2. The summed E-state index contributed by atoms with van der Waals surface area (Å²) in [5, 5.41) is 22.2. The number of aliphatic hydroxyl groups excluding tert-OH is 1. The Morgan fingerprint density at radius 1 is 0.947 bits per heavy atom. The van der Waals surface area contributed by atoms with Gasteiger partial charge < -0.3 is 24.7 Å². The lowest BCUT2D eigenvalue weighted by atomic mass is 9.33. The molecule has 10 nitrogen and oxygen atoms in total. The number of aromatic nitrogens is 1. The van der Waals surface area contributed by atoms with Gasteiger partial charge in [-0.3, -0.25) is 24.2 Å². The van der Waals surface area contributed by atoms with Crippen LogP contribution in [0.4, 0.5) is 0 Å². The minimum absolute atomic E-state index is 0.0152. The van der Waals surface area contributed by atoms with Crippen LogP contribution in [0.3, 0.4) is 0 Å². The highest BCUT2D eigenvalue weighted by Crippen LogP contribution is 2.77. The normalized spacial score (nSPS) is 35.2. The van der Waals surface area contributed by atoms with E-state index in [-0.39, 0.29) is 70.8 Å². The first-order valence-corrected chi connectivity index (χ1v) is 21.7. The number of ketones is 1. The molecule has 1 aromatic heterocycles. The molecule has 0 bridgehead atoms. The maximum absolute atomic E-state index is 14.3. The number of carboxylic acid groups (broad SMARTS) is 1. The smallest absolute Gasteiger partial charge is 0.309 e. The molecule has 0 radical (unpaired) electrons. The van der Waals surface area contributed by atoms with Crippen molar-refractivity contribution in [2.24, 2.45) is 56.2 Å². The largest absolute Gasteiger partial charge is 0.481 e. The quantitative estimate of drug-likeness (QED) is 0.204. The van der Waals surface area contributed by atoms with Crippen molar-refractivity contribution in [1.82, 2.24) is 14.8 Å². The number of carboxylic acids is 1. The Hall–Kier alpha value is -3.11. The second-order valence-electron chi connectivity index (χ2n) is 21.4. The molecule has 5 aliphatic carbocycles. The summed E-state index contributed by atoms with van der Waals surface area (Å²) < 4.78 is 6.18. The Bertz CT molecular complexity index is 1770. The first kappa shape index (κ1) is 43.5. The summed E-state index contributed by atoms with van der Waals surface area (Å²) in [5.41, 5.74) is 0.583. The molecule has 4 fully saturated rings. The molecule has 0 aliphatic heterocycles. The van der Waals surface area contributed by atoms with Gasteiger partial charge in [-0.15, -0.1) is 0 Å². The van der Waals surface area contributed by atoms with Crippen LogP contribution in [0.5, 0.6) is 0 Å². The van der Waals surface area contributed by atoms with Gasteiger partial charge in [0.25, 0.3) is 0 Å². The van der Waals surface area contributed by atoms with Crippen molar-refractivity contribution in [2.75, 3.05) is 27.2 Å². The number of nitrogens with zero attached hydrogens (tertiary/aromatic N) is 3. The number of aliphatic hydroxyl groups is 1. The molecule has 316 valence electrons. The number of amides is 1. The molecule has 1 aromatic rings. The fourth-order valence-electron chi connectivity index (χ4n) is 13.6. The maximum atomic E-state index is 14.3. The van der Waals surface area contributed by atoms with Crippen molar-refractivity contribution in [1.29, 1.82) is 0 Å². The van der Waals surface area contributed by atoms with Crippen molar-refractivity contribution in [2.45, 2.75) is 145 Å². The molecule has 9 atom stereocenters. The highest BCUT2D eigenvalue weighted by Gasteiger charge is 2.71. The molecule has 2 unspecified atom stereocenters. The monoisotopic (exact) mass is 790 g/mol. The first-order valence-electron chi connectivity index (χ1n) is 21.7. The predicted octanol–water partition coefficient (Wildman–Crippen LogP) is 7.73. The zero-order valence-corrected chi connectivity index (χ0v) is 36.7. The van der Waals surface area contributed by atoms with Gasteiger partial charge in [-0.1, -0.05) is 60.1 Å². The lowest BCUT2D eigenvalue weighted by molar-refractivity contribution is -0.235. The van der Waals surface area contributed by atoms with Crippen LogP contribution in [0.1, 0.15) is 132 Å². The Kier molecular flexibility index (Phi) is 11.6. The van der Waals surface area contributed by atoms with Crippen LogP contribution in [-0.4, -0.2) is 88.0 Å². The maximum Gasteiger partial charge on any atom is 0.309 e. The number of hydrogen-bond acceptors (Lipinski definition) is 8. The van der Waals surface area contributed by atoms with Crippen LogP contribution >= 0.6 is 0 Å². The van der Waals surface area contributed by atoms with Gasteiger partial charge in [0, 0.05) is 30.0 Å². The third-order valence-electron chi connectivity index (χ3n) is 16.8. The van der Waals surface area contributed by atoms with Gasteiger partial charge in [0.2, 0.25) is 5.91 Å². The summed E-state index contributed by atoms with van der Waals surface area (Å²) in [6.45, 7) is 20.1. The van der Waals surface area contributed by atoms with E-state index in [1.54, 1.807) is 24.9 Å². The van der Waals surface area contributed by atoms with Crippen molar-refractivity contribution < 1.29 is 34.1 Å². The number of likely N-dealkylation sites (N-methyl/N-ethyl adjacent to an activating group) is 1. The van der Waals surface area contributed by atoms with Crippen LogP contribution in [0.15, 0.2) is 35.5 Å². The van der Waals surface area contributed by atoms with Crippen molar-refractivity contribution in [3.63, 3.8) is 0 Å². The van der Waals surface area contributed by atoms with Crippen LogP contribution in [0.2, 0.25) is 0 Å². The zero-order valence-electron chi connectivity index (χ0n) is 36.7. The Morgan fingerprint density at radius 2 is 1.65 bits per heavy atom. The number of pyridine rings is 1. The van der Waals surface area contributed by atoms with Gasteiger partial charge in [0.1, 0.15) is 6.10 Å². The number of fused-ring (bicyclic) bond motifs is 7. The van der Waals surface area contributed by atoms with E-state index in [9.17, 15) is 29.4 Å². The number of carbonyl (C=O) groups excluding carboxylic acids is 3. The van der Waals surface area contributed by atoms with Gasteiger partial charge in [0.05, 0.1) is 36.7 Å². The fourth-order valence-corrected chi connectivity index (χ4v) is 13.6. The molecule has 1 amide bonds. The number of esters is 1. The summed E-state index contributed by atoms with van der Waals surface area (Å²) in [6.07, 6.45) is 8.01. The van der Waals surface area contributed by atoms with Crippen LogP contribution in [0.25, 0.3) is 0 Å². The molecule has 2 N–H and O–H groups in total. The Balaban J connectivity index is 1.30.